The molecule has 0 atom stereocenters. The number of nitrogens with one attached hydrogen (secondary N) is 1. The first kappa shape index (κ1) is 19.8. The van der Waals surface area contributed by atoms with Crippen molar-refractivity contribution in [1.82, 2.24) is 14.8 Å². The van der Waals surface area contributed by atoms with Crippen LogP contribution in [-0.2, 0) is 17.8 Å². The fourth-order valence-corrected chi connectivity index (χ4v) is 4.29. The smallest absolute Gasteiger partial charge is 0.227 e. The number of aryl methyl sites for hydroxylation is 1. The Morgan fingerprint density at radius 3 is 2.66 bits per heavy atom. The number of aromatic amines is 1. The van der Waals surface area contributed by atoms with Crippen molar-refractivity contribution in [3.05, 3.63) is 64.3 Å². The highest BCUT2D eigenvalue weighted by Gasteiger charge is 2.23. The third-order valence-electron chi connectivity index (χ3n) is 5.72. The van der Waals surface area contributed by atoms with E-state index in [-0.39, 0.29) is 5.91 Å². The van der Waals surface area contributed by atoms with Crippen molar-refractivity contribution < 1.29 is 9.53 Å². The summed E-state index contributed by atoms with van der Waals surface area (Å²) in [7, 11) is 1.68. The highest BCUT2D eigenvalue weighted by molar-refractivity contribution is 6.30. The van der Waals surface area contributed by atoms with Gasteiger partial charge >= 0.3 is 0 Å². The number of rotatable bonds is 5. The second-order valence-corrected chi connectivity index (χ2v) is 8.00. The molecule has 0 aliphatic carbocycles. The molecule has 3 aromatic rings. The number of para-hydroxylation sites is 1. The summed E-state index contributed by atoms with van der Waals surface area (Å²) in [5.41, 5.74) is 4.35. The SMILES string of the molecule is COc1ccc(Cl)cc1CN1CCN(C(=O)Cc2c(C)[nH]c3ccccc23)CC1. The number of ether oxygens (including phenoxy) is 1. The fraction of sp³-hybridized carbons (Fsp3) is 0.348. The lowest BCUT2D eigenvalue weighted by Gasteiger charge is -2.35. The molecule has 4 rings (SSSR count). The van der Waals surface area contributed by atoms with Crippen molar-refractivity contribution in [2.75, 3.05) is 33.3 Å². The topological polar surface area (TPSA) is 48.6 Å². The quantitative estimate of drug-likeness (QED) is 0.689. The molecule has 1 amide bonds. The fourth-order valence-electron chi connectivity index (χ4n) is 4.09. The number of halogens is 1. The molecule has 29 heavy (non-hydrogen) atoms. The lowest BCUT2D eigenvalue weighted by molar-refractivity contribution is -0.132. The maximum absolute atomic E-state index is 12.9. The first-order chi connectivity index (χ1) is 14.0. The van der Waals surface area contributed by atoms with Gasteiger partial charge < -0.3 is 14.6 Å². The van der Waals surface area contributed by atoms with E-state index < -0.39 is 0 Å². The number of H-pyrrole nitrogens is 1. The Morgan fingerprint density at radius 2 is 1.90 bits per heavy atom. The van der Waals surface area contributed by atoms with Crippen LogP contribution >= 0.6 is 11.6 Å². The molecule has 1 aromatic heterocycles. The van der Waals surface area contributed by atoms with Crippen LogP contribution in [0, 0.1) is 6.92 Å². The van der Waals surface area contributed by atoms with Crippen LogP contribution < -0.4 is 4.74 Å². The number of hydrogen-bond acceptors (Lipinski definition) is 3. The minimum absolute atomic E-state index is 0.192. The molecular weight excluding hydrogens is 386 g/mol. The molecule has 1 fully saturated rings. The number of hydrogen-bond donors (Lipinski definition) is 1. The number of fused-ring (bicyclic) bond motifs is 1. The summed E-state index contributed by atoms with van der Waals surface area (Å²) in [4.78, 5) is 20.6. The minimum Gasteiger partial charge on any atom is -0.496 e. The molecule has 1 aliphatic heterocycles. The molecule has 1 N–H and O–H groups in total. The van der Waals surface area contributed by atoms with Crippen LogP contribution in [-0.4, -0.2) is 54.0 Å². The summed E-state index contributed by atoms with van der Waals surface area (Å²) >= 11 is 6.15. The van der Waals surface area contributed by atoms with Crippen molar-refractivity contribution >= 4 is 28.4 Å². The van der Waals surface area contributed by atoms with Gasteiger partial charge in [0.2, 0.25) is 5.91 Å². The second kappa shape index (κ2) is 8.47. The zero-order valence-electron chi connectivity index (χ0n) is 16.9. The van der Waals surface area contributed by atoms with Gasteiger partial charge in [0.05, 0.1) is 13.5 Å². The Balaban J connectivity index is 1.38. The first-order valence-corrected chi connectivity index (χ1v) is 10.3. The first-order valence-electron chi connectivity index (χ1n) is 9.94. The Kier molecular flexibility index (Phi) is 5.79. The van der Waals surface area contributed by atoms with Crippen LogP contribution in [0.5, 0.6) is 5.75 Å². The Bertz CT molecular complexity index is 1020. The number of piperazine rings is 1. The van der Waals surface area contributed by atoms with Crippen LogP contribution in [0.2, 0.25) is 5.02 Å². The van der Waals surface area contributed by atoms with Gasteiger partial charge in [-0.1, -0.05) is 29.8 Å². The third-order valence-corrected chi connectivity index (χ3v) is 5.95. The van der Waals surface area contributed by atoms with E-state index >= 15 is 0 Å². The summed E-state index contributed by atoms with van der Waals surface area (Å²) in [5, 5.41) is 1.86. The van der Waals surface area contributed by atoms with Gasteiger partial charge in [-0.15, -0.1) is 0 Å². The predicted octanol–water partition coefficient (Wildman–Crippen LogP) is 4.03. The van der Waals surface area contributed by atoms with Crippen molar-refractivity contribution in [2.24, 2.45) is 0 Å². The molecule has 6 heteroatoms. The van der Waals surface area contributed by atoms with E-state index in [0.717, 1.165) is 66.2 Å². The number of carbonyl (C=O) groups excluding carboxylic acids is 1. The highest BCUT2D eigenvalue weighted by Crippen LogP contribution is 2.25. The predicted molar refractivity (Wildman–Crippen MR) is 117 cm³/mol. The Morgan fingerprint density at radius 1 is 1.14 bits per heavy atom. The molecule has 152 valence electrons. The zero-order chi connectivity index (χ0) is 20.4. The van der Waals surface area contributed by atoms with Gasteiger partial charge in [-0.25, -0.2) is 0 Å². The minimum atomic E-state index is 0.192. The zero-order valence-corrected chi connectivity index (χ0v) is 17.6. The van der Waals surface area contributed by atoms with Crippen molar-refractivity contribution in [1.29, 1.82) is 0 Å². The number of amides is 1. The van der Waals surface area contributed by atoms with Gasteiger partial charge in [0.15, 0.2) is 0 Å². The molecular formula is C23H26ClN3O2. The van der Waals surface area contributed by atoms with Crippen molar-refractivity contribution in [3.8, 4) is 5.75 Å². The van der Waals surface area contributed by atoms with E-state index in [1.165, 1.54) is 0 Å². The summed E-state index contributed by atoms with van der Waals surface area (Å²) in [5.74, 6) is 1.04. The Labute approximate surface area is 176 Å². The van der Waals surface area contributed by atoms with Crippen LogP contribution in [0.25, 0.3) is 10.9 Å². The van der Waals surface area contributed by atoms with E-state index in [1.54, 1.807) is 7.11 Å². The maximum Gasteiger partial charge on any atom is 0.227 e. The number of carbonyl (C=O) groups is 1. The van der Waals surface area contributed by atoms with E-state index in [0.29, 0.717) is 11.4 Å². The van der Waals surface area contributed by atoms with Gasteiger partial charge in [0.25, 0.3) is 0 Å². The summed E-state index contributed by atoms with van der Waals surface area (Å²) in [6.45, 7) is 5.97. The van der Waals surface area contributed by atoms with E-state index in [1.807, 2.05) is 42.2 Å². The second-order valence-electron chi connectivity index (χ2n) is 7.56. The monoisotopic (exact) mass is 411 g/mol. The molecule has 0 bridgehead atoms. The standard InChI is InChI=1S/C23H26ClN3O2/c1-16-20(19-5-3-4-6-21(19)25-16)14-23(28)27-11-9-26(10-12-27)15-17-13-18(24)7-8-22(17)29-2/h3-8,13,25H,9-12,14-15H2,1-2H3. The highest BCUT2D eigenvalue weighted by atomic mass is 35.5. The van der Waals surface area contributed by atoms with Gasteiger partial charge in [-0.05, 0) is 36.8 Å². The van der Waals surface area contributed by atoms with Crippen LogP contribution in [0.1, 0.15) is 16.8 Å². The molecule has 1 saturated heterocycles. The van der Waals surface area contributed by atoms with E-state index in [4.69, 9.17) is 16.3 Å². The maximum atomic E-state index is 12.9. The lowest BCUT2D eigenvalue weighted by atomic mass is 10.1. The number of methoxy groups -OCH3 is 1. The molecule has 0 spiro atoms. The van der Waals surface area contributed by atoms with E-state index in [9.17, 15) is 4.79 Å². The average molecular weight is 412 g/mol. The number of benzene rings is 2. The lowest BCUT2D eigenvalue weighted by Crippen LogP contribution is -2.48. The van der Waals surface area contributed by atoms with E-state index in [2.05, 4.69) is 22.0 Å². The number of nitrogens with zero attached hydrogens (tertiary/aromatic N) is 2. The normalized spacial score (nSPS) is 15.1. The molecule has 0 saturated carbocycles. The molecule has 2 aromatic carbocycles. The molecule has 5 nitrogen and oxygen atoms in total. The Hall–Kier alpha value is -2.50. The number of aromatic nitrogens is 1. The summed E-state index contributed by atoms with van der Waals surface area (Å²) in [6.07, 6.45) is 0.442. The molecule has 1 aliphatic rings. The van der Waals surface area contributed by atoms with Crippen LogP contribution in [0.3, 0.4) is 0 Å². The molecule has 0 radical (unpaired) electrons. The average Bonchev–Trinajstić information content (AvgIpc) is 3.04. The third kappa shape index (κ3) is 4.26. The molecule has 2 heterocycles. The van der Waals surface area contributed by atoms with Gasteiger partial charge in [-0.2, -0.15) is 0 Å². The van der Waals surface area contributed by atoms with Crippen molar-refractivity contribution in [3.63, 3.8) is 0 Å². The van der Waals surface area contributed by atoms with Crippen molar-refractivity contribution in [2.45, 2.75) is 19.9 Å². The van der Waals surface area contributed by atoms with Crippen LogP contribution in [0.15, 0.2) is 42.5 Å². The van der Waals surface area contributed by atoms with Gasteiger partial charge in [0, 0.05) is 59.9 Å². The van der Waals surface area contributed by atoms with Crippen LogP contribution in [0.4, 0.5) is 0 Å². The van der Waals surface area contributed by atoms with Gasteiger partial charge in [-0.3, -0.25) is 9.69 Å². The largest absolute Gasteiger partial charge is 0.496 e. The summed E-state index contributed by atoms with van der Waals surface area (Å²) in [6, 6.07) is 13.9. The summed E-state index contributed by atoms with van der Waals surface area (Å²) < 4.78 is 5.45. The van der Waals surface area contributed by atoms with Gasteiger partial charge in [0.1, 0.15) is 5.75 Å². The molecule has 0 unspecified atom stereocenters.